The highest BCUT2D eigenvalue weighted by Gasteiger charge is 2.28. The van der Waals surface area contributed by atoms with Crippen molar-refractivity contribution in [3.63, 3.8) is 0 Å². The summed E-state index contributed by atoms with van der Waals surface area (Å²) in [4.78, 5) is 26.1. The highest BCUT2D eigenvalue weighted by Crippen LogP contribution is 2.33. The first-order chi connectivity index (χ1) is 19.6. The third-order valence-corrected chi connectivity index (χ3v) is 8.48. The minimum Gasteiger partial charge on any atom is -0.493 e. The number of nitrogens with zero attached hydrogens (tertiary/aromatic N) is 4. The number of fused-ring (bicyclic) bond motifs is 1. The van der Waals surface area contributed by atoms with Gasteiger partial charge in [0, 0.05) is 38.3 Å². The van der Waals surface area contributed by atoms with Gasteiger partial charge in [0.15, 0.2) is 0 Å². The molecule has 6 heteroatoms. The molecule has 2 heterocycles. The fourth-order valence-electron chi connectivity index (χ4n) is 5.99. The molecular weight excluding hydrogens is 496 g/mol. The van der Waals surface area contributed by atoms with Crippen LogP contribution in [0.15, 0.2) is 76.9 Å². The monoisotopic (exact) mass is 538 g/mol. The Hall–Kier alpha value is -3.67. The second kappa shape index (κ2) is 13.6. The van der Waals surface area contributed by atoms with Gasteiger partial charge in [-0.1, -0.05) is 55.5 Å². The molecule has 1 aliphatic carbocycles. The number of hydrogen-bond donors (Lipinski definition) is 0. The molecule has 1 atom stereocenters. The van der Waals surface area contributed by atoms with Crippen molar-refractivity contribution in [3.05, 3.63) is 83.6 Å². The van der Waals surface area contributed by atoms with Crippen LogP contribution in [-0.2, 0) is 17.8 Å². The third kappa shape index (κ3) is 6.90. The van der Waals surface area contributed by atoms with E-state index >= 15 is 0 Å². The molecule has 1 unspecified atom stereocenters. The van der Waals surface area contributed by atoms with E-state index < -0.39 is 0 Å². The van der Waals surface area contributed by atoms with Crippen LogP contribution in [0.4, 0.5) is 0 Å². The number of carbonyl (C=O) groups is 1. The summed E-state index contributed by atoms with van der Waals surface area (Å²) in [6.07, 6.45) is 12.8. The summed E-state index contributed by atoms with van der Waals surface area (Å²) in [7, 11) is 0. The molecule has 1 fully saturated rings. The van der Waals surface area contributed by atoms with Crippen LogP contribution in [0.2, 0.25) is 0 Å². The van der Waals surface area contributed by atoms with Crippen molar-refractivity contribution in [1.82, 2.24) is 9.80 Å². The topological polar surface area (TPSA) is 57.5 Å². The first-order valence-corrected chi connectivity index (χ1v) is 14.9. The second-order valence-corrected chi connectivity index (χ2v) is 11.1. The highest BCUT2D eigenvalue weighted by molar-refractivity contribution is 5.84. The Balaban J connectivity index is 1.07. The van der Waals surface area contributed by atoms with E-state index in [1.54, 1.807) is 0 Å². The number of benzene rings is 2. The van der Waals surface area contributed by atoms with E-state index in [-0.39, 0.29) is 5.92 Å². The summed E-state index contributed by atoms with van der Waals surface area (Å²) in [6.45, 7) is 9.94. The van der Waals surface area contributed by atoms with E-state index in [1.807, 2.05) is 12.3 Å². The van der Waals surface area contributed by atoms with Crippen LogP contribution < -0.4 is 4.74 Å². The van der Waals surface area contributed by atoms with Crippen LogP contribution >= 0.6 is 0 Å². The van der Waals surface area contributed by atoms with Gasteiger partial charge in [-0.15, -0.1) is 0 Å². The Bertz CT molecular complexity index is 1250. The summed E-state index contributed by atoms with van der Waals surface area (Å²) in [5.74, 6) is 2.57. The van der Waals surface area contributed by atoms with Crippen LogP contribution in [0, 0.1) is 11.8 Å². The fourth-order valence-corrected chi connectivity index (χ4v) is 5.99. The van der Waals surface area contributed by atoms with E-state index in [1.165, 1.54) is 22.3 Å². The molecule has 5 rings (SSSR count). The van der Waals surface area contributed by atoms with Crippen molar-refractivity contribution in [1.29, 1.82) is 0 Å². The summed E-state index contributed by atoms with van der Waals surface area (Å²) in [5.41, 5.74) is 5.26. The van der Waals surface area contributed by atoms with E-state index in [2.05, 4.69) is 88.0 Å². The van der Waals surface area contributed by atoms with Gasteiger partial charge in [0.2, 0.25) is 11.9 Å². The molecule has 0 aromatic heterocycles. The van der Waals surface area contributed by atoms with Crippen molar-refractivity contribution in [3.8, 4) is 5.75 Å². The number of aliphatic imine (C=N–C) groups is 2. The van der Waals surface area contributed by atoms with E-state index in [4.69, 9.17) is 4.74 Å². The van der Waals surface area contributed by atoms with Crippen molar-refractivity contribution >= 4 is 24.2 Å². The molecule has 3 aliphatic rings. The number of likely N-dealkylation sites (tertiary alicyclic amines) is 1. The fraction of sp³-hybridized carbons (Fsp3) is 0.441. The summed E-state index contributed by atoms with van der Waals surface area (Å²) in [5, 5.41) is 0. The Labute approximate surface area is 239 Å². The maximum atomic E-state index is 13.2. The smallest absolute Gasteiger partial charge is 0.226 e. The van der Waals surface area contributed by atoms with E-state index in [0.29, 0.717) is 17.8 Å². The zero-order valence-electron chi connectivity index (χ0n) is 23.8. The number of guanidine groups is 1. The molecule has 0 N–H and O–H groups in total. The van der Waals surface area contributed by atoms with Crippen LogP contribution in [0.5, 0.6) is 5.75 Å². The van der Waals surface area contributed by atoms with Gasteiger partial charge in [-0.2, -0.15) is 0 Å². The number of allylic oxidation sites excluding steroid dienone is 3. The van der Waals surface area contributed by atoms with Crippen LogP contribution in [-0.4, -0.2) is 54.6 Å². The van der Waals surface area contributed by atoms with Crippen molar-refractivity contribution < 1.29 is 9.53 Å². The first kappa shape index (κ1) is 27.9. The van der Waals surface area contributed by atoms with E-state index in [9.17, 15) is 4.79 Å². The zero-order chi connectivity index (χ0) is 27.7. The lowest BCUT2D eigenvalue weighted by atomic mass is 9.85. The quantitative estimate of drug-likeness (QED) is 0.298. The van der Waals surface area contributed by atoms with Gasteiger partial charge in [0.25, 0.3) is 0 Å². The Morgan fingerprint density at radius 3 is 2.48 bits per heavy atom. The molecule has 0 bridgehead atoms. The Morgan fingerprint density at radius 1 is 1.00 bits per heavy atom. The van der Waals surface area contributed by atoms with Crippen molar-refractivity contribution in [2.75, 3.05) is 26.2 Å². The standard InChI is InChI=1S/C34H42N4O2/c1-3-4-20-36-34(35-2)37-21-17-26(18-22-37)25-40-32-15-13-29(14-16-32)28-9-11-30(12-10-28)33(39)38-23-19-27-7-5-6-8-31(27)24-38/h4-9,13-16,20,26,30H,2-3,10-12,17-19,21-25H2,1H3/b20-4+,36-34+. The number of rotatable bonds is 7. The Kier molecular flexibility index (Phi) is 9.48. The van der Waals surface area contributed by atoms with Gasteiger partial charge < -0.3 is 14.5 Å². The average molecular weight is 539 g/mol. The molecule has 1 amide bonds. The maximum Gasteiger partial charge on any atom is 0.226 e. The van der Waals surface area contributed by atoms with Gasteiger partial charge in [0.1, 0.15) is 5.75 Å². The van der Waals surface area contributed by atoms with Gasteiger partial charge in [-0.25, -0.2) is 9.98 Å². The zero-order valence-corrected chi connectivity index (χ0v) is 23.8. The molecule has 0 saturated carbocycles. The van der Waals surface area contributed by atoms with Crippen LogP contribution in [0.25, 0.3) is 5.57 Å². The SMILES string of the molecule is C=N/C(=N\C=C\CC)N1CCC(COc2ccc(C3=CCC(C(=O)N4CCc5ccccc5C4)CC3)cc2)CC1. The largest absolute Gasteiger partial charge is 0.493 e. The minimum absolute atomic E-state index is 0.0976. The molecule has 210 valence electrons. The van der Waals surface area contributed by atoms with Crippen molar-refractivity contribution in [2.45, 2.75) is 58.4 Å². The second-order valence-electron chi connectivity index (χ2n) is 11.1. The molecule has 6 nitrogen and oxygen atoms in total. The van der Waals surface area contributed by atoms with Gasteiger partial charge >= 0.3 is 0 Å². The predicted octanol–water partition coefficient (Wildman–Crippen LogP) is 6.53. The summed E-state index contributed by atoms with van der Waals surface area (Å²) >= 11 is 0. The molecule has 2 aromatic rings. The lowest BCUT2D eigenvalue weighted by Crippen LogP contribution is -2.40. The average Bonchev–Trinajstić information content (AvgIpc) is 3.02. The molecule has 0 radical (unpaired) electrons. The lowest BCUT2D eigenvalue weighted by Gasteiger charge is -2.33. The third-order valence-electron chi connectivity index (χ3n) is 8.48. The molecule has 2 aromatic carbocycles. The molecule has 0 spiro atoms. The number of amides is 1. The van der Waals surface area contributed by atoms with Gasteiger partial charge in [0.05, 0.1) is 6.61 Å². The molecular formula is C34H42N4O2. The maximum absolute atomic E-state index is 13.2. The number of piperidine rings is 1. The van der Waals surface area contributed by atoms with Gasteiger partial charge in [-0.3, -0.25) is 4.79 Å². The molecule has 40 heavy (non-hydrogen) atoms. The minimum atomic E-state index is 0.0976. The normalized spacial score (nSPS) is 20.3. The molecule has 1 saturated heterocycles. The lowest BCUT2D eigenvalue weighted by molar-refractivity contribution is -0.136. The first-order valence-electron chi connectivity index (χ1n) is 14.9. The molecule has 2 aliphatic heterocycles. The van der Waals surface area contributed by atoms with E-state index in [0.717, 1.165) is 83.5 Å². The van der Waals surface area contributed by atoms with Crippen molar-refractivity contribution in [2.24, 2.45) is 21.8 Å². The van der Waals surface area contributed by atoms with Crippen LogP contribution in [0.3, 0.4) is 0 Å². The number of ether oxygens (including phenoxy) is 1. The van der Waals surface area contributed by atoms with Gasteiger partial charge in [-0.05, 0) is 92.0 Å². The van der Waals surface area contributed by atoms with Crippen LogP contribution in [0.1, 0.15) is 62.1 Å². The number of hydrogen-bond acceptors (Lipinski definition) is 3. The Morgan fingerprint density at radius 2 is 1.77 bits per heavy atom. The summed E-state index contributed by atoms with van der Waals surface area (Å²) in [6, 6.07) is 17.0. The predicted molar refractivity (Wildman–Crippen MR) is 164 cm³/mol. The highest BCUT2D eigenvalue weighted by atomic mass is 16.5. The summed E-state index contributed by atoms with van der Waals surface area (Å²) < 4.78 is 6.16. The number of carbonyl (C=O) groups excluding carboxylic acids is 1.